The van der Waals surface area contributed by atoms with Crippen molar-refractivity contribution < 1.29 is 13.2 Å². The van der Waals surface area contributed by atoms with Crippen LogP contribution in [-0.2, 0) is 9.84 Å². The number of hydrogen-bond donors (Lipinski definition) is 0. The van der Waals surface area contributed by atoms with Gasteiger partial charge in [-0.1, -0.05) is 44.9 Å². The molecule has 2 aromatic carbocycles. The van der Waals surface area contributed by atoms with E-state index in [2.05, 4.69) is 18.7 Å². The number of anilines is 2. The molecule has 1 aliphatic heterocycles. The van der Waals surface area contributed by atoms with Crippen molar-refractivity contribution in [1.82, 2.24) is 0 Å². The molecule has 0 bridgehead atoms. The topological polar surface area (TPSA) is 46.6 Å². The van der Waals surface area contributed by atoms with E-state index in [-0.39, 0.29) is 11.2 Å². The van der Waals surface area contributed by atoms with Gasteiger partial charge in [0.25, 0.3) is 0 Å². The zero-order valence-electron chi connectivity index (χ0n) is 16.7. The van der Waals surface area contributed by atoms with Crippen LogP contribution in [0.5, 0.6) is 5.75 Å². The summed E-state index contributed by atoms with van der Waals surface area (Å²) in [6, 6.07) is 13.7. The summed E-state index contributed by atoms with van der Waals surface area (Å²) < 4.78 is 32.1. The first-order chi connectivity index (χ1) is 12.8. The van der Waals surface area contributed by atoms with Crippen LogP contribution in [0.15, 0.2) is 47.4 Å². The van der Waals surface area contributed by atoms with Crippen LogP contribution in [0.3, 0.4) is 0 Å². The molecule has 4 nitrogen and oxygen atoms in total. The maximum atomic E-state index is 13.3. The standard InChI is InChI=1S/C22H29NO3S/c1-5-6-12-22(3)15-23(18-10-8-7-9-11-18)19-13-17(2)20(26-4)14-21(19)27(24,25)16-22/h7-11,13-14H,5-6,12,15-16H2,1-4H3. The number of para-hydroxylation sites is 1. The van der Waals surface area contributed by atoms with Crippen molar-refractivity contribution in [3.05, 3.63) is 48.0 Å². The van der Waals surface area contributed by atoms with E-state index in [1.54, 1.807) is 13.2 Å². The highest BCUT2D eigenvalue weighted by atomic mass is 32.2. The van der Waals surface area contributed by atoms with Gasteiger partial charge in [-0.3, -0.25) is 0 Å². The lowest BCUT2D eigenvalue weighted by molar-refractivity contribution is 0.338. The van der Waals surface area contributed by atoms with Gasteiger partial charge in [-0.2, -0.15) is 0 Å². The van der Waals surface area contributed by atoms with Gasteiger partial charge < -0.3 is 9.64 Å². The number of nitrogens with zero attached hydrogens (tertiary/aromatic N) is 1. The van der Waals surface area contributed by atoms with Gasteiger partial charge in [0.15, 0.2) is 9.84 Å². The second-order valence-corrected chi connectivity index (χ2v) is 9.84. The third kappa shape index (κ3) is 3.98. The highest BCUT2D eigenvalue weighted by Gasteiger charge is 2.39. The van der Waals surface area contributed by atoms with Gasteiger partial charge in [-0.25, -0.2) is 8.42 Å². The van der Waals surface area contributed by atoms with E-state index in [0.717, 1.165) is 36.2 Å². The smallest absolute Gasteiger partial charge is 0.181 e. The summed E-state index contributed by atoms with van der Waals surface area (Å²) in [5.41, 5.74) is 2.39. The lowest BCUT2D eigenvalue weighted by Crippen LogP contribution is -2.35. The van der Waals surface area contributed by atoms with Gasteiger partial charge in [0.05, 0.1) is 23.4 Å². The first-order valence-electron chi connectivity index (χ1n) is 9.54. The van der Waals surface area contributed by atoms with Gasteiger partial charge in [0.2, 0.25) is 0 Å². The molecule has 0 amide bonds. The zero-order chi connectivity index (χ0) is 19.7. The summed E-state index contributed by atoms with van der Waals surface area (Å²) in [5.74, 6) is 0.769. The average molecular weight is 388 g/mol. The number of rotatable bonds is 5. The maximum absolute atomic E-state index is 13.3. The second-order valence-electron chi connectivity index (χ2n) is 7.88. The average Bonchev–Trinajstić information content (AvgIpc) is 2.72. The molecule has 1 atom stereocenters. The van der Waals surface area contributed by atoms with Crippen molar-refractivity contribution in [2.24, 2.45) is 5.41 Å². The van der Waals surface area contributed by atoms with Crippen molar-refractivity contribution in [2.45, 2.75) is 44.9 Å². The molecule has 2 aromatic rings. The van der Waals surface area contributed by atoms with Crippen molar-refractivity contribution in [3.63, 3.8) is 0 Å². The Morgan fingerprint density at radius 3 is 2.52 bits per heavy atom. The summed E-state index contributed by atoms with van der Waals surface area (Å²) in [5, 5.41) is 0. The van der Waals surface area contributed by atoms with Crippen molar-refractivity contribution in [3.8, 4) is 5.75 Å². The number of methoxy groups -OCH3 is 1. The molecule has 0 spiro atoms. The van der Waals surface area contributed by atoms with Crippen molar-refractivity contribution >= 4 is 21.2 Å². The molecule has 3 rings (SSSR count). The number of sulfone groups is 1. The molecule has 0 saturated heterocycles. The van der Waals surface area contributed by atoms with E-state index in [9.17, 15) is 8.42 Å². The van der Waals surface area contributed by atoms with Crippen LogP contribution < -0.4 is 9.64 Å². The minimum atomic E-state index is -3.43. The van der Waals surface area contributed by atoms with Gasteiger partial charge in [0, 0.05) is 18.3 Å². The molecule has 1 unspecified atom stereocenters. The maximum Gasteiger partial charge on any atom is 0.181 e. The summed E-state index contributed by atoms with van der Waals surface area (Å²) in [6.07, 6.45) is 2.96. The van der Waals surface area contributed by atoms with Crippen molar-refractivity contribution in [1.29, 1.82) is 0 Å². The van der Waals surface area contributed by atoms with E-state index in [4.69, 9.17) is 4.74 Å². The number of hydrogen-bond acceptors (Lipinski definition) is 4. The lowest BCUT2D eigenvalue weighted by atomic mass is 9.86. The highest BCUT2D eigenvalue weighted by Crippen LogP contribution is 2.44. The number of fused-ring (bicyclic) bond motifs is 1. The van der Waals surface area contributed by atoms with E-state index in [1.165, 1.54) is 0 Å². The molecule has 146 valence electrons. The third-order valence-corrected chi connectivity index (χ3v) is 7.46. The quantitative estimate of drug-likeness (QED) is 0.714. The molecule has 5 heteroatoms. The largest absolute Gasteiger partial charge is 0.496 e. The summed E-state index contributed by atoms with van der Waals surface area (Å²) in [6.45, 7) is 6.88. The predicted molar refractivity (Wildman–Crippen MR) is 111 cm³/mol. The molecule has 1 aliphatic rings. The van der Waals surface area contributed by atoms with Crippen LogP contribution in [0.1, 0.15) is 38.7 Å². The molecule has 0 N–H and O–H groups in total. The Bertz CT molecular complexity index is 909. The second kappa shape index (κ2) is 7.55. The Balaban J connectivity index is 2.23. The van der Waals surface area contributed by atoms with Gasteiger partial charge in [-0.15, -0.1) is 0 Å². The van der Waals surface area contributed by atoms with Crippen LogP contribution >= 0.6 is 0 Å². The SMILES string of the molecule is CCCCC1(C)CN(c2ccccc2)c2cc(C)c(OC)cc2S(=O)(=O)C1. The molecule has 0 fully saturated rings. The summed E-state index contributed by atoms with van der Waals surface area (Å²) >= 11 is 0. The molecule has 1 heterocycles. The van der Waals surface area contributed by atoms with E-state index >= 15 is 0 Å². The van der Waals surface area contributed by atoms with E-state index in [0.29, 0.717) is 17.2 Å². The molecule has 0 aliphatic carbocycles. The fourth-order valence-corrected chi connectivity index (χ4v) is 6.06. The predicted octanol–water partition coefficient (Wildman–Crippen LogP) is 5.13. The van der Waals surface area contributed by atoms with E-state index < -0.39 is 9.84 Å². The van der Waals surface area contributed by atoms with Gasteiger partial charge in [0.1, 0.15) is 5.75 Å². The normalized spacial score (nSPS) is 21.4. The van der Waals surface area contributed by atoms with Crippen LogP contribution in [0.2, 0.25) is 0 Å². The van der Waals surface area contributed by atoms with Gasteiger partial charge in [-0.05, 0) is 42.5 Å². The van der Waals surface area contributed by atoms with Crippen LogP contribution in [-0.4, -0.2) is 27.8 Å². The van der Waals surface area contributed by atoms with Crippen LogP contribution in [0, 0.1) is 12.3 Å². The van der Waals surface area contributed by atoms with Crippen LogP contribution in [0.25, 0.3) is 0 Å². The minimum absolute atomic E-state index is 0.155. The molecular weight excluding hydrogens is 358 g/mol. The fraction of sp³-hybridized carbons (Fsp3) is 0.455. The lowest BCUT2D eigenvalue weighted by Gasteiger charge is -2.34. The number of aryl methyl sites for hydroxylation is 1. The van der Waals surface area contributed by atoms with E-state index in [1.807, 2.05) is 43.3 Å². The number of ether oxygens (including phenoxy) is 1. The molecule has 0 saturated carbocycles. The number of unbranched alkanes of at least 4 members (excludes halogenated alkanes) is 1. The Morgan fingerprint density at radius 1 is 1.19 bits per heavy atom. The minimum Gasteiger partial charge on any atom is -0.496 e. The summed E-state index contributed by atoms with van der Waals surface area (Å²) in [4.78, 5) is 2.54. The third-order valence-electron chi connectivity index (χ3n) is 5.38. The Labute approximate surface area is 163 Å². The monoisotopic (exact) mass is 387 g/mol. The first-order valence-corrected chi connectivity index (χ1v) is 11.2. The first kappa shape index (κ1) is 19.7. The number of benzene rings is 2. The highest BCUT2D eigenvalue weighted by molar-refractivity contribution is 7.91. The van der Waals surface area contributed by atoms with Crippen molar-refractivity contribution in [2.75, 3.05) is 24.3 Å². The molecule has 0 radical (unpaired) electrons. The summed E-state index contributed by atoms with van der Waals surface area (Å²) in [7, 11) is -1.85. The Morgan fingerprint density at radius 2 is 1.89 bits per heavy atom. The van der Waals surface area contributed by atoms with Crippen LogP contribution in [0.4, 0.5) is 11.4 Å². The molecular formula is C22H29NO3S. The fourth-order valence-electron chi connectivity index (χ4n) is 3.98. The van der Waals surface area contributed by atoms with Gasteiger partial charge >= 0.3 is 0 Å². The Kier molecular flexibility index (Phi) is 5.52. The Hall–Kier alpha value is -2.01. The molecule has 27 heavy (non-hydrogen) atoms. The molecule has 0 aromatic heterocycles. The zero-order valence-corrected chi connectivity index (χ0v) is 17.5.